The van der Waals surface area contributed by atoms with Gasteiger partial charge in [-0.05, 0) is 54.8 Å². The molecule has 0 radical (unpaired) electrons. The van der Waals surface area contributed by atoms with Crippen LogP contribution < -0.4 is 10.6 Å². The standard InChI is InChI=1S/C22H20N4O/c1-3-17-8-4-6-15(2)21(17)25-19-10-11-20(24-14-19)22(27)26-18-9-5-7-16(12-18)13-23/h4-12,14,25H,3H2,1-2H3,(H,26,27). The molecule has 1 amide bonds. The summed E-state index contributed by atoms with van der Waals surface area (Å²) in [7, 11) is 0. The summed E-state index contributed by atoms with van der Waals surface area (Å²) in [5.74, 6) is -0.318. The van der Waals surface area contributed by atoms with Crippen LogP contribution in [0.3, 0.4) is 0 Å². The number of nitrogens with one attached hydrogen (secondary N) is 2. The summed E-state index contributed by atoms with van der Waals surface area (Å²) in [6, 6.07) is 18.5. The summed E-state index contributed by atoms with van der Waals surface area (Å²) in [5, 5.41) is 15.1. The maximum absolute atomic E-state index is 12.4. The molecule has 134 valence electrons. The normalized spacial score (nSPS) is 10.1. The van der Waals surface area contributed by atoms with Crippen LogP contribution in [0.4, 0.5) is 17.1 Å². The highest BCUT2D eigenvalue weighted by Crippen LogP contribution is 2.25. The third-order valence-electron chi connectivity index (χ3n) is 4.25. The second kappa shape index (κ2) is 8.15. The summed E-state index contributed by atoms with van der Waals surface area (Å²) >= 11 is 0. The Balaban J connectivity index is 1.74. The maximum Gasteiger partial charge on any atom is 0.274 e. The number of hydrogen-bond donors (Lipinski definition) is 2. The van der Waals surface area contributed by atoms with E-state index in [1.165, 1.54) is 5.56 Å². The minimum atomic E-state index is -0.318. The van der Waals surface area contributed by atoms with E-state index in [9.17, 15) is 4.79 Å². The Kier molecular flexibility index (Phi) is 5.48. The molecule has 27 heavy (non-hydrogen) atoms. The van der Waals surface area contributed by atoms with Crippen LogP contribution in [0.25, 0.3) is 0 Å². The molecule has 0 atom stereocenters. The molecular formula is C22H20N4O. The van der Waals surface area contributed by atoms with E-state index in [2.05, 4.69) is 41.6 Å². The first-order valence-electron chi connectivity index (χ1n) is 8.73. The lowest BCUT2D eigenvalue weighted by Gasteiger charge is -2.14. The summed E-state index contributed by atoms with van der Waals surface area (Å²) in [4.78, 5) is 16.6. The molecule has 2 N–H and O–H groups in total. The fourth-order valence-electron chi connectivity index (χ4n) is 2.81. The molecule has 5 heteroatoms. The lowest BCUT2D eigenvalue weighted by molar-refractivity contribution is 0.102. The van der Waals surface area contributed by atoms with Gasteiger partial charge in [0.15, 0.2) is 0 Å². The van der Waals surface area contributed by atoms with Crippen molar-refractivity contribution >= 4 is 23.0 Å². The summed E-state index contributed by atoms with van der Waals surface area (Å²) in [6.45, 7) is 4.18. The van der Waals surface area contributed by atoms with Gasteiger partial charge < -0.3 is 10.6 Å². The van der Waals surface area contributed by atoms with E-state index in [-0.39, 0.29) is 5.91 Å². The number of carbonyl (C=O) groups excluding carboxylic acids is 1. The number of carbonyl (C=O) groups is 1. The number of nitriles is 1. The van der Waals surface area contributed by atoms with Gasteiger partial charge in [0, 0.05) is 11.4 Å². The summed E-state index contributed by atoms with van der Waals surface area (Å²) < 4.78 is 0. The fourth-order valence-corrected chi connectivity index (χ4v) is 2.81. The van der Waals surface area contributed by atoms with Crippen LogP contribution in [-0.4, -0.2) is 10.9 Å². The first kappa shape index (κ1) is 18.2. The van der Waals surface area contributed by atoms with Gasteiger partial charge in [-0.3, -0.25) is 4.79 Å². The number of rotatable bonds is 5. The third-order valence-corrected chi connectivity index (χ3v) is 4.25. The van der Waals surface area contributed by atoms with Crippen LogP contribution in [0.1, 0.15) is 34.1 Å². The number of nitrogens with zero attached hydrogens (tertiary/aromatic N) is 2. The van der Waals surface area contributed by atoms with Crippen LogP contribution in [0.15, 0.2) is 60.8 Å². The van der Waals surface area contributed by atoms with Gasteiger partial charge in [0.1, 0.15) is 5.69 Å². The van der Waals surface area contributed by atoms with Gasteiger partial charge in [-0.2, -0.15) is 5.26 Å². The molecule has 5 nitrogen and oxygen atoms in total. The largest absolute Gasteiger partial charge is 0.354 e. The molecule has 0 spiro atoms. The van der Waals surface area contributed by atoms with Crippen molar-refractivity contribution in [1.82, 2.24) is 4.98 Å². The molecule has 0 unspecified atom stereocenters. The number of amides is 1. The molecule has 0 saturated carbocycles. The summed E-state index contributed by atoms with van der Waals surface area (Å²) in [5.41, 5.74) is 5.65. The number of hydrogen-bond acceptors (Lipinski definition) is 4. The lowest BCUT2D eigenvalue weighted by Crippen LogP contribution is -2.13. The molecule has 0 aliphatic heterocycles. The van der Waals surface area contributed by atoms with E-state index in [0.717, 1.165) is 23.4 Å². The maximum atomic E-state index is 12.4. The number of aryl methyl sites for hydroxylation is 2. The molecular weight excluding hydrogens is 336 g/mol. The number of aromatic nitrogens is 1. The first-order chi connectivity index (χ1) is 13.1. The molecule has 0 aliphatic carbocycles. The molecule has 3 aromatic rings. The van der Waals surface area contributed by atoms with Gasteiger partial charge in [0.25, 0.3) is 5.91 Å². The Labute approximate surface area is 158 Å². The topological polar surface area (TPSA) is 77.8 Å². The van der Waals surface area contributed by atoms with E-state index in [4.69, 9.17) is 5.26 Å². The monoisotopic (exact) mass is 356 g/mol. The minimum Gasteiger partial charge on any atom is -0.354 e. The molecule has 0 bridgehead atoms. The number of para-hydroxylation sites is 1. The average molecular weight is 356 g/mol. The average Bonchev–Trinajstić information content (AvgIpc) is 2.70. The van der Waals surface area contributed by atoms with E-state index < -0.39 is 0 Å². The molecule has 1 heterocycles. The van der Waals surface area contributed by atoms with Crippen LogP contribution in [-0.2, 0) is 6.42 Å². The van der Waals surface area contributed by atoms with Gasteiger partial charge in [-0.25, -0.2) is 4.98 Å². The molecule has 0 aliphatic rings. The Morgan fingerprint density at radius 3 is 2.63 bits per heavy atom. The number of pyridine rings is 1. The number of benzene rings is 2. The van der Waals surface area contributed by atoms with Crippen molar-refractivity contribution in [2.45, 2.75) is 20.3 Å². The smallest absolute Gasteiger partial charge is 0.274 e. The Morgan fingerprint density at radius 2 is 1.93 bits per heavy atom. The van der Waals surface area contributed by atoms with Crippen molar-refractivity contribution in [3.63, 3.8) is 0 Å². The van der Waals surface area contributed by atoms with Crippen molar-refractivity contribution in [2.75, 3.05) is 10.6 Å². The highest BCUT2D eigenvalue weighted by Gasteiger charge is 2.09. The van der Waals surface area contributed by atoms with Crippen LogP contribution in [0.2, 0.25) is 0 Å². The second-order valence-corrected chi connectivity index (χ2v) is 6.17. The second-order valence-electron chi connectivity index (χ2n) is 6.17. The minimum absolute atomic E-state index is 0.309. The lowest BCUT2D eigenvalue weighted by atomic mass is 10.1. The molecule has 1 aromatic heterocycles. The fraction of sp³-hybridized carbons (Fsp3) is 0.136. The molecule has 0 saturated heterocycles. The van der Waals surface area contributed by atoms with Crippen molar-refractivity contribution in [3.05, 3.63) is 83.2 Å². The van der Waals surface area contributed by atoms with Gasteiger partial charge >= 0.3 is 0 Å². The van der Waals surface area contributed by atoms with Gasteiger partial charge in [-0.1, -0.05) is 31.2 Å². The Hall–Kier alpha value is -3.65. The van der Waals surface area contributed by atoms with Crippen molar-refractivity contribution < 1.29 is 4.79 Å². The van der Waals surface area contributed by atoms with Gasteiger partial charge in [-0.15, -0.1) is 0 Å². The first-order valence-corrected chi connectivity index (χ1v) is 8.73. The predicted molar refractivity (Wildman–Crippen MR) is 107 cm³/mol. The Morgan fingerprint density at radius 1 is 1.11 bits per heavy atom. The van der Waals surface area contributed by atoms with Gasteiger partial charge in [0.2, 0.25) is 0 Å². The van der Waals surface area contributed by atoms with Crippen molar-refractivity contribution in [3.8, 4) is 6.07 Å². The van der Waals surface area contributed by atoms with Crippen LogP contribution in [0.5, 0.6) is 0 Å². The van der Waals surface area contributed by atoms with Gasteiger partial charge in [0.05, 0.1) is 23.5 Å². The summed E-state index contributed by atoms with van der Waals surface area (Å²) in [6.07, 6.45) is 2.58. The van der Waals surface area contributed by atoms with Crippen molar-refractivity contribution in [2.24, 2.45) is 0 Å². The van der Waals surface area contributed by atoms with Crippen LogP contribution >= 0.6 is 0 Å². The zero-order valence-electron chi connectivity index (χ0n) is 15.3. The van der Waals surface area contributed by atoms with E-state index >= 15 is 0 Å². The Bertz CT molecular complexity index is 1000. The quantitative estimate of drug-likeness (QED) is 0.687. The van der Waals surface area contributed by atoms with Crippen LogP contribution in [0, 0.1) is 18.3 Å². The third kappa shape index (κ3) is 4.31. The van der Waals surface area contributed by atoms with E-state index in [0.29, 0.717) is 16.9 Å². The molecule has 2 aromatic carbocycles. The highest BCUT2D eigenvalue weighted by molar-refractivity contribution is 6.03. The zero-order chi connectivity index (χ0) is 19.2. The molecule has 3 rings (SSSR count). The SMILES string of the molecule is CCc1cccc(C)c1Nc1ccc(C(=O)Nc2cccc(C#N)c2)nc1. The number of anilines is 3. The highest BCUT2D eigenvalue weighted by atomic mass is 16.1. The zero-order valence-corrected chi connectivity index (χ0v) is 15.3. The van der Waals surface area contributed by atoms with Crippen molar-refractivity contribution in [1.29, 1.82) is 5.26 Å². The predicted octanol–water partition coefficient (Wildman–Crippen LogP) is 4.82. The van der Waals surface area contributed by atoms with E-state index in [1.54, 1.807) is 36.5 Å². The molecule has 0 fully saturated rings. The van der Waals surface area contributed by atoms with E-state index in [1.807, 2.05) is 18.2 Å².